The number of carboxylic acids is 1. The molecule has 0 atom stereocenters. The van der Waals surface area contributed by atoms with Crippen molar-refractivity contribution in [3.05, 3.63) is 48.2 Å². The SMILES string of the molecule is C=COCc1ccc(C(=O)[O-])cc1. The average molecular weight is 177 g/mol. The van der Waals surface area contributed by atoms with E-state index < -0.39 is 5.97 Å². The van der Waals surface area contributed by atoms with Gasteiger partial charge in [0.2, 0.25) is 0 Å². The maximum absolute atomic E-state index is 10.4. The van der Waals surface area contributed by atoms with E-state index in [1.165, 1.54) is 18.4 Å². The monoisotopic (exact) mass is 177 g/mol. The van der Waals surface area contributed by atoms with Gasteiger partial charge in [-0.15, -0.1) is 0 Å². The molecule has 3 heteroatoms. The van der Waals surface area contributed by atoms with Crippen LogP contribution in [0, 0.1) is 0 Å². The summed E-state index contributed by atoms with van der Waals surface area (Å²) in [7, 11) is 0. The molecular weight excluding hydrogens is 168 g/mol. The van der Waals surface area contributed by atoms with Gasteiger partial charge in [0.05, 0.1) is 12.2 Å². The normalized spacial score (nSPS) is 9.23. The molecule has 0 aliphatic heterocycles. The number of hydrogen-bond donors (Lipinski definition) is 0. The second kappa shape index (κ2) is 4.30. The zero-order valence-corrected chi connectivity index (χ0v) is 7.03. The van der Waals surface area contributed by atoms with Crippen LogP contribution in [0.5, 0.6) is 0 Å². The molecule has 1 rings (SSSR count). The highest BCUT2D eigenvalue weighted by Crippen LogP contribution is 2.04. The first-order chi connectivity index (χ1) is 6.24. The van der Waals surface area contributed by atoms with Crippen molar-refractivity contribution in [3.8, 4) is 0 Å². The summed E-state index contributed by atoms with van der Waals surface area (Å²) in [6, 6.07) is 6.32. The third-order valence-electron chi connectivity index (χ3n) is 1.56. The Morgan fingerprint density at radius 3 is 2.54 bits per heavy atom. The Kier molecular flexibility index (Phi) is 3.09. The van der Waals surface area contributed by atoms with E-state index in [1.807, 2.05) is 0 Å². The van der Waals surface area contributed by atoms with Crippen molar-refractivity contribution in [2.45, 2.75) is 6.61 Å². The highest BCUT2D eigenvalue weighted by atomic mass is 16.5. The number of benzene rings is 1. The van der Waals surface area contributed by atoms with Gasteiger partial charge in [-0.3, -0.25) is 0 Å². The van der Waals surface area contributed by atoms with Gasteiger partial charge in [0.15, 0.2) is 0 Å². The Balaban J connectivity index is 2.69. The van der Waals surface area contributed by atoms with Crippen molar-refractivity contribution in [2.75, 3.05) is 0 Å². The van der Waals surface area contributed by atoms with Crippen molar-refractivity contribution in [1.29, 1.82) is 0 Å². The van der Waals surface area contributed by atoms with Crippen LogP contribution in [0.2, 0.25) is 0 Å². The average Bonchev–Trinajstić information content (AvgIpc) is 2.15. The third kappa shape index (κ3) is 2.63. The third-order valence-corrected chi connectivity index (χ3v) is 1.56. The Bertz CT molecular complexity index is 300. The number of carbonyl (C=O) groups is 1. The van der Waals surface area contributed by atoms with E-state index in [0.29, 0.717) is 6.61 Å². The summed E-state index contributed by atoms with van der Waals surface area (Å²) in [5, 5.41) is 10.4. The second-order valence-electron chi connectivity index (χ2n) is 2.46. The highest BCUT2D eigenvalue weighted by Gasteiger charge is 1.94. The summed E-state index contributed by atoms with van der Waals surface area (Å²) in [6.07, 6.45) is 1.34. The molecule has 13 heavy (non-hydrogen) atoms. The Labute approximate surface area is 76.3 Å². The van der Waals surface area contributed by atoms with Crippen LogP contribution in [0.25, 0.3) is 0 Å². The fourth-order valence-electron chi connectivity index (χ4n) is 0.892. The molecule has 0 aromatic heterocycles. The minimum absolute atomic E-state index is 0.169. The first-order valence-corrected chi connectivity index (χ1v) is 3.77. The fraction of sp³-hybridized carbons (Fsp3) is 0.100. The van der Waals surface area contributed by atoms with Gasteiger partial charge in [0, 0.05) is 0 Å². The molecule has 1 aromatic carbocycles. The summed E-state index contributed by atoms with van der Waals surface area (Å²) in [5.41, 5.74) is 1.06. The first-order valence-electron chi connectivity index (χ1n) is 3.77. The maximum Gasteiger partial charge on any atom is 0.112 e. The molecule has 0 saturated carbocycles. The van der Waals surface area contributed by atoms with Crippen molar-refractivity contribution >= 4 is 5.97 Å². The molecule has 0 amide bonds. The highest BCUT2D eigenvalue weighted by molar-refractivity contribution is 5.85. The van der Waals surface area contributed by atoms with Crippen molar-refractivity contribution < 1.29 is 14.6 Å². The zero-order chi connectivity index (χ0) is 9.68. The number of carbonyl (C=O) groups excluding carboxylic acids is 1. The number of hydrogen-bond acceptors (Lipinski definition) is 3. The van der Waals surface area contributed by atoms with E-state index in [4.69, 9.17) is 4.74 Å². The van der Waals surface area contributed by atoms with Crippen molar-refractivity contribution in [2.24, 2.45) is 0 Å². The Morgan fingerprint density at radius 2 is 2.08 bits per heavy atom. The summed E-state index contributed by atoms with van der Waals surface area (Å²) in [6.45, 7) is 3.79. The molecule has 1 aromatic rings. The van der Waals surface area contributed by atoms with E-state index in [-0.39, 0.29) is 5.56 Å². The molecule has 0 unspecified atom stereocenters. The molecule has 0 radical (unpaired) electrons. The number of ether oxygens (including phenoxy) is 1. The van der Waals surface area contributed by atoms with Crippen LogP contribution < -0.4 is 5.11 Å². The van der Waals surface area contributed by atoms with Gasteiger partial charge in [-0.2, -0.15) is 0 Å². The molecule has 0 spiro atoms. The lowest BCUT2D eigenvalue weighted by Crippen LogP contribution is -2.21. The van der Waals surface area contributed by atoms with Gasteiger partial charge >= 0.3 is 0 Å². The fourth-order valence-corrected chi connectivity index (χ4v) is 0.892. The molecule has 68 valence electrons. The second-order valence-corrected chi connectivity index (χ2v) is 2.46. The van der Waals surface area contributed by atoms with E-state index >= 15 is 0 Å². The van der Waals surface area contributed by atoms with Gasteiger partial charge in [-0.1, -0.05) is 30.8 Å². The molecule has 0 aliphatic carbocycles. The van der Waals surface area contributed by atoms with E-state index in [2.05, 4.69) is 6.58 Å². The quantitative estimate of drug-likeness (QED) is 0.636. The van der Waals surface area contributed by atoms with Crippen molar-refractivity contribution in [3.63, 3.8) is 0 Å². The summed E-state index contributed by atoms with van der Waals surface area (Å²) in [5.74, 6) is -1.17. The smallest absolute Gasteiger partial charge is 0.112 e. The van der Waals surface area contributed by atoms with Crippen molar-refractivity contribution in [1.82, 2.24) is 0 Å². The minimum atomic E-state index is -1.17. The van der Waals surface area contributed by atoms with Crippen LogP contribution in [-0.4, -0.2) is 5.97 Å². The summed E-state index contributed by atoms with van der Waals surface area (Å²) >= 11 is 0. The summed E-state index contributed by atoms with van der Waals surface area (Å²) in [4.78, 5) is 10.4. The molecule has 0 bridgehead atoms. The van der Waals surface area contributed by atoms with E-state index in [9.17, 15) is 9.90 Å². The van der Waals surface area contributed by atoms with Crippen LogP contribution in [0.4, 0.5) is 0 Å². The van der Waals surface area contributed by atoms with Gasteiger partial charge in [-0.05, 0) is 11.1 Å². The first kappa shape index (κ1) is 9.32. The van der Waals surface area contributed by atoms with Gasteiger partial charge in [0.1, 0.15) is 6.61 Å². The van der Waals surface area contributed by atoms with Crippen LogP contribution >= 0.6 is 0 Å². The molecule has 0 aliphatic rings. The van der Waals surface area contributed by atoms with Gasteiger partial charge in [-0.25, -0.2) is 0 Å². The lowest BCUT2D eigenvalue weighted by molar-refractivity contribution is -0.255. The largest absolute Gasteiger partial charge is 0.545 e. The summed E-state index contributed by atoms with van der Waals surface area (Å²) < 4.78 is 4.92. The van der Waals surface area contributed by atoms with Crippen LogP contribution in [0.1, 0.15) is 15.9 Å². The van der Waals surface area contributed by atoms with Crippen LogP contribution in [-0.2, 0) is 11.3 Å². The van der Waals surface area contributed by atoms with E-state index in [0.717, 1.165) is 5.56 Å². The predicted molar refractivity (Wildman–Crippen MR) is 45.8 cm³/mol. The molecular formula is C10H9O3-. The molecule has 0 saturated heterocycles. The zero-order valence-electron chi connectivity index (χ0n) is 7.03. The molecule has 0 heterocycles. The molecule has 3 nitrogen and oxygen atoms in total. The Morgan fingerprint density at radius 1 is 1.46 bits per heavy atom. The van der Waals surface area contributed by atoms with Crippen LogP contribution in [0.15, 0.2) is 37.1 Å². The lowest BCUT2D eigenvalue weighted by Gasteiger charge is -2.04. The molecule has 0 N–H and O–H groups in total. The molecule has 0 fully saturated rings. The Hall–Kier alpha value is -1.77. The number of aromatic carboxylic acids is 1. The van der Waals surface area contributed by atoms with Gasteiger partial charge in [0.25, 0.3) is 0 Å². The van der Waals surface area contributed by atoms with Crippen LogP contribution in [0.3, 0.4) is 0 Å². The van der Waals surface area contributed by atoms with Gasteiger partial charge < -0.3 is 14.6 Å². The maximum atomic E-state index is 10.4. The predicted octanol–water partition coefficient (Wildman–Crippen LogP) is 0.710. The number of carboxylic acid groups (broad SMARTS) is 1. The number of rotatable bonds is 4. The minimum Gasteiger partial charge on any atom is -0.545 e. The lowest BCUT2D eigenvalue weighted by atomic mass is 10.1. The topological polar surface area (TPSA) is 49.4 Å². The van der Waals surface area contributed by atoms with E-state index in [1.54, 1.807) is 12.1 Å². The standard InChI is InChI=1S/C10H10O3/c1-2-13-7-8-3-5-9(6-4-8)10(11)12/h2-6H,1,7H2,(H,11,12)/p-1.